The van der Waals surface area contributed by atoms with Gasteiger partial charge in [-0.1, -0.05) is 19.3 Å². The summed E-state index contributed by atoms with van der Waals surface area (Å²) in [6.45, 7) is 9.17. The number of imidazole rings is 3. The summed E-state index contributed by atoms with van der Waals surface area (Å²) in [6.07, 6.45) is 31.1. The van der Waals surface area contributed by atoms with Crippen molar-refractivity contribution >= 4 is 0 Å². The monoisotopic (exact) mass is 657 g/mol. The van der Waals surface area contributed by atoms with E-state index in [0.29, 0.717) is 0 Å². The summed E-state index contributed by atoms with van der Waals surface area (Å²) >= 11 is 0. The van der Waals surface area contributed by atoms with Crippen LogP contribution in [0.25, 0.3) is 0 Å². The van der Waals surface area contributed by atoms with Gasteiger partial charge < -0.3 is 15.3 Å². The van der Waals surface area contributed by atoms with Gasteiger partial charge in [-0.15, -0.1) is 0 Å². The molecule has 7 rings (SSSR count). The highest BCUT2D eigenvalue weighted by Gasteiger charge is 2.32. The molecule has 3 aliphatic rings. The van der Waals surface area contributed by atoms with Crippen LogP contribution in [0.3, 0.4) is 0 Å². The molecule has 3 fully saturated rings. The third kappa shape index (κ3) is 6.78. The second kappa shape index (κ2) is 14.3. The Hall–Kier alpha value is -3.27. The van der Waals surface area contributed by atoms with E-state index in [4.69, 9.17) is 0 Å². The largest absolute Gasteiger partial charge is 0.389 e. The Labute approximate surface area is 285 Å². The third-order valence-electron chi connectivity index (χ3n) is 12.1. The molecule has 0 aliphatic heterocycles. The molecule has 0 spiro atoms. The van der Waals surface area contributed by atoms with Gasteiger partial charge in [0.25, 0.3) is 0 Å². The van der Waals surface area contributed by atoms with Crippen LogP contribution in [0.15, 0.2) is 56.2 Å². The smallest absolute Gasteiger partial charge is 0.244 e. The van der Waals surface area contributed by atoms with E-state index in [1.165, 1.54) is 52.6 Å². The summed E-state index contributed by atoms with van der Waals surface area (Å²) in [7, 11) is 0. The Morgan fingerprint density at radius 3 is 1.02 bits per heavy atom. The molecule has 0 amide bonds. The van der Waals surface area contributed by atoms with E-state index >= 15 is 0 Å². The fraction of sp³-hybridized carbons (Fsp3) is 0.615. The van der Waals surface area contributed by atoms with E-state index < -0.39 is 0 Å². The van der Waals surface area contributed by atoms with E-state index in [0.717, 1.165) is 77.4 Å². The van der Waals surface area contributed by atoms with Crippen LogP contribution < -0.4 is 13.7 Å². The summed E-state index contributed by atoms with van der Waals surface area (Å²) < 4.78 is 13.5. The Kier molecular flexibility index (Phi) is 9.90. The Morgan fingerprint density at radius 1 is 0.479 bits per heavy atom. The highest BCUT2D eigenvalue weighted by Crippen LogP contribution is 2.32. The van der Waals surface area contributed by atoms with Crippen molar-refractivity contribution in [2.75, 3.05) is 0 Å². The second-order valence-electron chi connectivity index (χ2n) is 15.2. The van der Waals surface area contributed by atoms with Crippen molar-refractivity contribution in [1.29, 1.82) is 0 Å². The topological polar surface area (TPSA) is 87.1 Å². The summed E-state index contributed by atoms with van der Waals surface area (Å²) in [5.74, 6) is 0. The van der Waals surface area contributed by atoms with E-state index in [9.17, 15) is 15.3 Å². The summed E-state index contributed by atoms with van der Waals surface area (Å²) in [4.78, 5) is 0. The zero-order chi connectivity index (χ0) is 33.4. The molecule has 0 saturated heterocycles. The molecule has 258 valence electrons. The van der Waals surface area contributed by atoms with Gasteiger partial charge in [0.15, 0.2) is 0 Å². The Bertz CT molecular complexity index is 1490. The van der Waals surface area contributed by atoms with E-state index in [2.05, 4.69) is 104 Å². The molecule has 1 aromatic carbocycles. The predicted molar refractivity (Wildman–Crippen MR) is 182 cm³/mol. The highest BCUT2D eigenvalue weighted by molar-refractivity contribution is 5.50. The van der Waals surface area contributed by atoms with Crippen molar-refractivity contribution in [3.63, 3.8) is 0 Å². The van der Waals surface area contributed by atoms with Crippen LogP contribution in [0, 0.1) is 20.8 Å². The minimum Gasteiger partial charge on any atom is -0.389 e. The minimum absolute atomic E-state index is 0.151. The average molecular weight is 658 g/mol. The number of aliphatic hydroxyl groups is 3. The lowest BCUT2D eigenvalue weighted by molar-refractivity contribution is -0.690. The molecule has 3 saturated carbocycles. The second-order valence-corrected chi connectivity index (χ2v) is 15.2. The zero-order valence-electron chi connectivity index (χ0n) is 29.3. The van der Waals surface area contributed by atoms with Crippen LogP contribution in [0.2, 0.25) is 0 Å². The molecule has 3 aliphatic carbocycles. The number of aromatic nitrogens is 6. The molecule has 3 aromatic heterocycles. The van der Waals surface area contributed by atoms with Gasteiger partial charge in [-0.05, 0) is 95.2 Å². The quantitative estimate of drug-likeness (QED) is 0.233. The van der Waals surface area contributed by atoms with Crippen LogP contribution in [-0.4, -0.2) is 47.3 Å². The van der Waals surface area contributed by atoms with Crippen molar-refractivity contribution in [3.05, 3.63) is 89.5 Å². The normalized spacial score (nSPS) is 26.6. The van der Waals surface area contributed by atoms with Crippen molar-refractivity contribution in [3.8, 4) is 0 Å². The maximum atomic E-state index is 10.7. The lowest BCUT2D eigenvalue weighted by atomic mass is 9.87. The first-order valence-electron chi connectivity index (χ1n) is 18.6. The molecular formula is C39H57N6O3+3. The summed E-state index contributed by atoms with van der Waals surface area (Å²) in [5.41, 5.74) is 8.04. The molecule has 4 aromatic rings. The van der Waals surface area contributed by atoms with Crippen molar-refractivity contribution in [2.24, 2.45) is 0 Å². The van der Waals surface area contributed by atoms with Gasteiger partial charge >= 0.3 is 0 Å². The fourth-order valence-electron chi connectivity index (χ4n) is 9.07. The van der Waals surface area contributed by atoms with Gasteiger partial charge in [0, 0.05) is 16.7 Å². The van der Waals surface area contributed by atoms with Gasteiger partial charge in [0.2, 0.25) is 19.0 Å². The molecule has 0 unspecified atom stereocenters. The standard InChI is InChI=1S/C39H57N6O3/c1-28-31(22-40-16-19-43(25-40)34-10-4-7-13-37(34)46)29(2)33(24-42-18-21-45(27-42)36-12-6-9-15-39(36)48)30(3)32(28)23-41-17-20-44(26-41)35-11-5-8-14-38(35)47/h16-21,25-27,34-39,46-48H,4-15,22-24H2,1-3H3/q+3/t34-,35-,36-,37-,38-,39-/m0/s1. The lowest BCUT2D eigenvalue weighted by Gasteiger charge is -2.24. The first kappa shape index (κ1) is 33.2. The maximum absolute atomic E-state index is 10.7. The highest BCUT2D eigenvalue weighted by atomic mass is 16.3. The van der Waals surface area contributed by atoms with Crippen LogP contribution >= 0.6 is 0 Å². The van der Waals surface area contributed by atoms with E-state index in [1.54, 1.807) is 0 Å². The van der Waals surface area contributed by atoms with E-state index in [1.807, 2.05) is 0 Å². The number of aliphatic hydroxyl groups excluding tert-OH is 3. The zero-order valence-corrected chi connectivity index (χ0v) is 29.3. The van der Waals surface area contributed by atoms with Crippen molar-refractivity contribution < 1.29 is 29.0 Å². The third-order valence-corrected chi connectivity index (χ3v) is 12.1. The number of hydrogen-bond donors (Lipinski definition) is 3. The van der Waals surface area contributed by atoms with Crippen molar-refractivity contribution in [1.82, 2.24) is 13.7 Å². The van der Waals surface area contributed by atoms with Crippen LogP contribution in [0.1, 0.15) is 129 Å². The van der Waals surface area contributed by atoms with Gasteiger partial charge in [0.1, 0.15) is 74.9 Å². The van der Waals surface area contributed by atoms with Gasteiger partial charge in [0.05, 0.1) is 18.3 Å². The maximum Gasteiger partial charge on any atom is 0.244 e. The number of nitrogens with zero attached hydrogens (tertiary/aromatic N) is 6. The van der Waals surface area contributed by atoms with Crippen LogP contribution in [0.5, 0.6) is 0 Å². The first-order valence-corrected chi connectivity index (χ1v) is 18.6. The molecule has 0 radical (unpaired) electrons. The number of benzene rings is 1. The van der Waals surface area contributed by atoms with E-state index in [-0.39, 0.29) is 36.4 Å². The minimum atomic E-state index is -0.279. The van der Waals surface area contributed by atoms with Gasteiger partial charge in [-0.3, -0.25) is 0 Å². The molecule has 0 bridgehead atoms. The molecule has 3 N–H and O–H groups in total. The number of rotatable bonds is 9. The molecule has 6 atom stereocenters. The fourth-order valence-corrected chi connectivity index (χ4v) is 9.07. The predicted octanol–water partition coefficient (Wildman–Crippen LogP) is 4.45. The molecule has 48 heavy (non-hydrogen) atoms. The molecule has 9 nitrogen and oxygen atoms in total. The molecule has 3 heterocycles. The SMILES string of the molecule is Cc1c(C[n+]2ccn([C@H]3CCCC[C@@H]3O)c2)c(C)c(C[n+]2ccn([C@H]3CCCC[C@@H]3O)c2)c(C)c1C[n+]1ccn([C@H]2CCCC[C@@H]2O)c1. The molecule has 9 heteroatoms. The van der Waals surface area contributed by atoms with Crippen LogP contribution in [-0.2, 0) is 19.6 Å². The Morgan fingerprint density at radius 2 is 0.750 bits per heavy atom. The Balaban J connectivity index is 1.21. The number of hydrogen-bond acceptors (Lipinski definition) is 3. The van der Waals surface area contributed by atoms with Gasteiger partial charge in [-0.2, -0.15) is 0 Å². The first-order chi connectivity index (χ1) is 23.3. The summed E-state index contributed by atoms with van der Waals surface area (Å²) in [5, 5.41) is 32.2. The summed E-state index contributed by atoms with van der Waals surface area (Å²) in [6, 6.07) is 0.452. The van der Waals surface area contributed by atoms with Crippen molar-refractivity contribution in [2.45, 2.75) is 154 Å². The lowest BCUT2D eigenvalue weighted by Crippen LogP contribution is -2.38. The van der Waals surface area contributed by atoms with Gasteiger partial charge in [-0.25, -0.2) is 27.4 Å². The average Bonchev–Trinajstić information content (AvgIpc) is 3.86. The molecular weight excluding hydrogens is 600 g/mol. The van der Waals surface area contributed by atoms with Crippen LogP contribution in [0.4, 0.5) is 0 Å².